The van der Waals surface area contributed by atoms with Crippen LogP contribution in [-0.4, -0.2) is 39.9 Å². The summed E-state index contributed by atoms with van der Waals surface area (Å²) in [6.07, 6.45) is 3.26. The minimum Gasteiger partial charge on any atom is -0.344 e. The summed E-state index contributed by atoms with van der Waals surface area (Å²) < 4.78 is 13.5. The van der Waals surface area contributed by atoms with Gasteiger partial charge in [0, 0.05) is 19.1 Å². The van der Waals surface area contributed by atoms with Gasteiger partial charge in [-0.3, -0.25) is 4.79 Å². The number of fused-ring (bicyclic) bond motifs is 1. The first kappa shape index (κ1) is 17.7. The molecule has 1 atom stereocenters. The molecule has 1 aromatic heterocycles. The molecule has 116 valence electrons. The summed E-state index contributed by atoms with van der Waals surface area (Å²) >= 11 is 0. The second-order valence-electron chi connectivity index (χ2n) is 4.91. The van der Waals surface area contributed by atoms with Gasteiger partial charge in [-0.05, 0) is 25.0 Å². The van der Waals surface area contributed by atoms with Crippen molar-refractivity contribution >= 4 is 41.8 Å². The zero-order chi connectivity index (χ0) is 13.4. The number of likely N-dealkylation sites (tertiary alicyclic amines) is 1. The number of hydrogen-bond acceptors (Lipinski definition) is 3. The highest BCUT2D eigenvalue weighted by Gasteiger charge is 2.24. The Morgan fingerprint density at radius 3 is 2.90 bits per heavy atom. The molecule has 2 heterocycles. The van der Waals surface area contributed by atoms with Crippen molar-refractivity contribution in [1.29, 1.82) is 0 Å². The van der Waals surface area contributed by atoms with Gasteiger partial charge in [-0.2, -0.15) is 0 Å². The van der Waals surface area contributed by atoms with Crippen molar-refractivity contribution in [2.75, 3.05) is 13.1 Å². The second kappa shape index (κ2) is 7.06. The third-order valence-electron chi connectivity index (χ3n) is 3.46. The Morgan fingerprint density at radius 1 is 1.43 bits per heavy atom. The molecule has 8 heteroatoms. The van der Waals surface area contributed by atoms with E-state index in [2.05, 4.69) is 9.97 Å². The number of nitrogens with one attached hydrogen (secondary N) is 1. The van der Waals surface area contributed by atoms with Crippen LogP contribution < -0.4 is 5.73 Å². The van der Waals surface area contributed by atoms with E-state index in [0.29, 0.717) is 29.7 Å². The lowest BCUT2D eigenvalue weighted by Gasteiger charge is -2.30. The molecule has 3 N–H and O–H groups in total. The third kappa shape index (κ3) is 3.45. The molecular weight excluding hydrogens is 318 g/mol. The number of nitrogens with zero attached hydrogens (tertiary/aromatic N) is 2. The summed E-state index contributed by atoms with van der Waals surface area (Å²) in [6, 6.07) is 2.58. The van der Waals surface area contributed by atoms with Crippen LogP contribution in [0.3, 0.4) is 0 Å². The number of benzene rings is 1. The predicted molar refractivity (Wildman–Crippen MR) is 83.7 cm³/mol. The van der Waals surface area contributed by atoms with E-state index < -0.39 is 5.82 Å². The summed E-state index contributed by atoms with van der Waals surface area (Å²) in [5.41, 5.74) is 7.21. The van der Waals surface area contributed by atoms with Crippen LogP contribution in [0.15, 0.2) is 18.5 Å². The number of aromatic nitrogens is 2. The molecule has 1 aromatic carbocycles. The molecule has 1 saturated heterocycles. The van der Waals surface area contributed by atoms with Crippen LogP contribution in [0.5, 0.6) is 0 Å². The number of carbonyl (C=O) groups is 1. The first-order chi connectivity index (χ1) is 9.15. The summed E-state index contributed by atoms with van der Waals surface area (Å²) in [5, 5.41) is 0. The number of piperidine rings is 1. The molecule has 1 unspecified atom stereocenters. The number of hydrogen-bond donors (Lipinski definition) is 2. The van der Waals surface area contributed by atoms with Gasteiger partial charge in [0.1, 0.15) is 11.3 Å². The van der Waals surface area contributed by atoms with Crippen molar-refractivity contribution in [2.24, 2.45) is 5.73 Å². The van der Waals surface area contributed by atoms with Crippen molar-refractivity contribution in [3.05, 3.63) is 29.8 Å². The topological polar surface area (TPSA) is 75.0 Å². The Kier molecular flexibility index (Phi) is 5.95. The maximum Gasteiger partial charge on any atom is 0.256 e. The number of aromatic amines is 1. The van der Waals surface area contributed by atoms with Gasteiger partial charge in [0.15, 0.2) is 0 Å². The van der Waals surface area contributed by atoms with Gasteiger partial charge in [-0.15, -0.1) is 24.8 Å². The monoisotopic (exact) mass is 334 g/mol. The largest absolute Gasteiger partial charge is 0.344 e. The van der Waals surface area contributed by atoms with E-state index in [1.165, 1.54) is 18.5 Å². The lowest BCUT2D eigenvalue weighted by molar-refractivity contribution is 0.0710. The number of imidazole rings is 1. The fourth-order valence-electron chi connectivity index (χ4n) is 2.54. The zero-order valence-corrected chi connectivity index (χ0v) is 12.8. The highest BCUT2D eigenvalue weighted by Crippen LogP contribution is 2.20. The van der Waals surface area contributed by atoms with Crippen molar-refractivity contribution in [3.63, 3.8) is 0 Å². The van der Waals surface area contributed by atoms with E-state index >= 15 is 0 Å². The van der Waals surface area contributed by atoms with Crippen LogP contribution in [-0.2, 0) is 0 Å². The van der Waals surface area contributed by atoms with Gasteiger partial charge in [-0.25, -0.2) is 9.37 Å². The Bertz CT molecular complexity index is 634. The molecule has 1 aliphatic heterocycles. The minimum absolute atomic E-state index is 0. The molecule has 2 aromatic rings. The number of halogens is 3. The predicted octanol–water partition coefficient (Wildman–Crippen LogP) is 2.11. The zero-order valence-electron chi connectivity index (χ0n) is 11.2. The Balaban J connectivity index is 0.00000110. The van der Waals surface area contributed by atoms with Crippen molar-refractivity contribution in [3.8, 4) is 0 Å². The summed E-state index contributed by atoms with van der Waals surface area (Å²) in [5.74, 6) is -0.645. The van der Waals surface area contributed by atoms with Crippen molar-refractivity contribution in [1.82, 2.24) is 14.9 Å². The van der Waals surface area contributed by atoms with Gasteiger partial charge in [0.05, 0.1) is 17.4 Å². The van der Waals surface area contributed by atoms with E-state index in [0.717, 1.165) is 12.8 Å². The lowest BCUT2D eigenvalue weighted by atomic mass is 10.0. The average molecular weight is 335 g/mol. The van der Waals surface area contributed by atoms with Crippen molar-refractivity contribution < 1.29 is 9.18 Å². The quantitative estimate of drug-likeness (QED) is 0.838. The molecule has 1 aliphatic rings. The van der Waals surface area contributed by atoms with E-state index in [4.69, 9.17) is 5.73 Å². The van der Waals surface area contributed by atoms with Gasteiger partial charge in [-0.1, -0.05) is 0 Å². The third-order valence-corrected chi connectivity index (χ3v) is 3.46. The van der Waals surface area contributed by atoms with E-state index in [-0.39, 0.29) is 36.8 Å². The summed E-state index contributed by atoms with van der Waals surface area (Å²) in [6.45, 7) is 1.18. The van der Waals surface area contributed by atoms with E-state index in [1.807, 2.05) is 0 Å². The summed E-state index contributed by atoms with van der Waals surface area (Å²) in [4.78, 5) is 21.1. The van der Waals surface area contributed by atoms with Gasteiger partial charge >= 0.3 is 0 Å². The molecule has 0 bridgehead atoms. The molecule has 0 spiro atoms. The van der Waals surface area contributed by atoms with Crippen LogP contribution in [0.2, 0.25) is 0 Å². The molecule has 3 rings (SSSR count). The fourth-order valence-corrected chi connectivity index (χ4v) is 2.54. The van der Waals surface area contributed by atoms with E-state index in [9.17, 15) is 9.18 Å². The number of amides is 1. The number of nitrogens with two attached hydrogens (primary N) is 1. The Labute approximate surface area is 133 Å². The van der Waals surface area contributed by atoms with Gasteiger partial charge < -0.3 is 15.6 Å². The number of rotatable bonds is 1. The molecular formula is C13H17Cl2FN4O. The number of H-pyrrole nitrogens is 1. The van der Waals surface area contributed by atoms with Crippen LogP contribution in [0.25, 0.3) is 11.0 Å². The van der Waals surface area contributed by atoms with Crippen LogP contribution in [0.1, 0.15) is 23.2 Å². The van der Waals surface area contributed by atoms with Gasteiger partial charge in [0.2, 0.25) is 0 Å². The first-order valence-electron chi connectivity index (χ1n) is 6.32. The minimum atomic E-state index is -0.443. The molecule has 0 aliphatic carbocycles. The second-order valence-corrected chi connectivity index (χ2v) is 4.91. The SMILES string of the molecule is Cl.Cl.NC1CCCN(C(=O)c2cc(F)cc3[nH]cnc23)C1. The first-order valence-corrected chi connectivity index (χ1v) is 6.32. The molecule has 0 radical (unpaired) electrons. The van der Waals surface area contributed by atoms with E-state index in [1.54, 1.807) is 4.90 Å². The standard InChI is InChI=1S/C13H15FN4O.2ClH/c14-8-4-10(12-11(5-8)16-7-17-12)13(19)18-3-1-2-9(15)6-18;;/h4-5,7,9H,1-3,6,15H2,(H,16,17);2*1H. The maximum absolute atomic E-state index is 13.5. The van der Waals surface area contributed by atoms with Gasteiger partial charge in [0.25, 0.3) is 5.91 Å². The van der Waals surface area contributed by atoms with Crippen LogP contribution >= 0.6 is 24.8 Å². The molecule has 1 fully saturated rings. The normalized spacial score (nSPS) is 18.0. The van der Waals surface area contributed by atoms with Crippen LogP contribution in [0.4, 0.5) is 4.39 Å². The highest BCUT2D eigenvalue weighted by atomic mass is 35.5. The lowest BCUT2D eigenvalue weighted by Crippen LogP contribution is -2.45. The summed E-state index contributed by atoms with van der Waals surface area (Å²) in [7, 11) is 0. The van der Waals surface area contributed by atoms with Crippen LogP contribution in [0, 0.1) is 5.82 Å². The maximum atomic E-state index is 13.5. The molecule has 5 nitrogen and oxygen atoms in total. The molecule has 0 saturated carbocycles. The number of carbonyl (C=O) groups excluding carboxylic acids is 1. The molecule has 21 heavy (non-hydrogen) atoms. The van der Waals surface area contributed by atoms with Crippen molar-refractivity contribution in [2.45, 2.75) is 18.9 Å². The Hall–Kier alpha value is -1.37. The average Bonchev–Trinajstić information content (AvgIpc) is 2.85. The fraction of sp³-hybridized carbons (Fsp3) is 0.385. The molecule has 1 amide bonds. The smallest absolute Gasteiger partial charge is 0.256 e. The highest BCUT2D eigenvalue weighted by molar-refractivity contribution is 6.04. The Morgan fingerprint density at radius 2 is 2.19 bits per heavy atom.